The monoisotopic (exact) mass is 430 g/mol. The first-order valence-electron chi connectivity index (χ1n) is 11.1. The average molecular weight is 431 g/mol. The Morgan fingerprint density at radius 3 is 2.31 bits per heavy atom. The molecule has 166 valence electrons. The molecule has 0 saturated heterocycles. The number of hydrogen-bond acceptors (Lipinski definition) is 3. The molecule has 0 radical (unpaired) electrons. The van der Waals surface area contributed by atoms with E-state index in [1.807, 2.05) is 51.1 Å². The molecule has 0 unspecified atom stereocenters. The number of rotatable bonds is 6. The van der Waals surface area contributed by atoms with Gasteiger partial charge in [-0.1, -0.05) is 68.4 Å². The van der Waals surface area contributed by atoms with Gasteiger partial charge in [-0.3, -0.25) is 4.79 Å². The molecule has 0 aliphatic carbocycles. The van der Waals surface area contributed by atoms with Crippen LogP contribution in [-0.2, 0) is 13.0 Å². The molecule has 1 aliphatic rings. The Labute approximate surface area is 189 Å². The smallest absolute Gasteiger partial charge is 0.335 e. The van der Waals surface area contributed by atoms with Crippen molar-refractivity contribution in [3.63, 3.8) is 0 Å². The van der Waals surface area contributed by atoms with Crippen molar-refractivity contribution in [2.24, 2.45) is 0 Å². The molecule has 5 nitrogen and oxygen atoms in total. The number of aromatic carboxylic acids is 1. The standard InChI is InChI=1S/C25H24N2O3.C2H6/c1-17(19-10-12-21(13-11-19)25(29)30)26-24(28)22-9-5-8-20-14-15-27(23(20)22)16-18-6-3-2-4-7-18;1-2/h2-13,17H,14-16H2,1H3,(H,26,28)(H,29,30);1-2H3/t17-;/m0./s1. The third-order valence-corrected chi connectivity index (χ3v) is 5.55. The highest BCUT2D eigenvalue weighted by Gasteiger charge is 2.26. The van der Waals surface area contributed by atoms with Gasteiger partial charge in [0.25, 0.3) is 5.91 Å². The SMILES string of the molecule is CC.C[C@H](NC(=O)c1cccc2c1N(Cc1ccccc1)CC2)c1ccc(C(=O)O)cc1. The maximum atomic E-state index is 13.1. The molecule has 0 saturated carbocycles. The van der Waals surface area contributed by atoms with Crippen LogP contribution in [0.3, 0.4) is 0 Å². The fraction of sp³-hybridized carbons (Fsp3) is 0.259. The van der Waals surface area contributed by atoms with Gasteiger partial charge in [-0.25, -0.2) is 4.79 Å². The Morgan fingerprint density at radius 2 is 1.66 bits per heavy atom. The number of carbonyl (C=O) groups is 2. The summed E-state index contributed by atoms with van der Waals surface area (Å²) in [5, 5.41) is 12.1. The van der Waals surface area contributed by atoms with Crippen LogP contribution in [0.2, 0.25) is 0 Å². The van der Waals surface area contributed by atoms with E-state index in [-0.39, 0.29) is 17.5 Å². The van der Waals surface area contributed by atoms with Gasteiger partial charge in [-0.15, -0.1) is 0 Å². The number of para-hydroxylation sites is 1. The lowest BCUT2D eigenvalue weighted by Crippen LogP contribution is -2.29. The second-order valence-electron chi connectivity index (χ2n) is 7.59. The maximum absolute atomic E-state index is 13.1. The first kappa shape index (κ1) is 23.1. The topological polar surface area (TPSA) is 69.6 Å². The van der Waals surface area contributed by atoms with E-state index in [0.717, 1.165) is 30.8 Å². The third kappa shape index (κ3) is 5.17. The number of hydrogen-bond donors (Lipinski definition) is 2. The van der Waals surface area contributed by atoms with Crippen LogP contribution in [0.25, 0.3) is 0 Å². The zero-order valence-corrected chi connectivity index (χ0v) is 18.8. The van der Waals surface area contributed by atoms with Crippen LogP contribution in [0, 0.1) is 0 Å². The van der Waals surface area contributed by atoms with E-state index in [1.165, 1.54) is 11.1 Å². The summed E-state index contributed by atoms with van der Waals surface area (Å²) in [5.74, 6) is -1.08. The molecule has 1 aliphatic heterocycles. The van der Waals surface area contributed by atoms with Gasteiger partial charge in [0.15, 0.2) is 0 Å². The summed E-state index contributed by atoms with van der Waals surface area (Å²) < 4.78 is 0. The van der Waals surface area contributed by atoms with Gasteiger partial charge in [0.1, 0.15) is 0 Å². The lowest BCUT2D eigenvalue weighted by atomic mass is 10.0. The van der Waals surface area contributed by atoms with Gasteiger partial charge in [-0.05, 0) is 48.2 Å². The molecular weight excluding hydrogens is 400 g/mol. The van der Waals surface area contributed by atoms with Crippen molar-refractivity contribution in [1.82, 2.24) is 5.32 Å². The van der Waals surface area contributed by atoms with Crippen LogP contribution in [0.1, 0.15) is 64.2 Å². The van der Waals surface area contributed by atoms with Crippen molar-refractivity contribution in [3.8, 4) is 0 Å². The predicted octanol–water partition coefficient (Wildman–Crippen LogP) is 5.46. The van der Waals surface area contributed by atoms with Crippen molar-refractivity contribution in [3.05, 3.63) is 101 Å². The quantitative estimate of drug-likeness (QED) is 0.544. The van der Waals surface area contributed by atoms with Crippen LogP contribution >= 0.6 is 0 Å². The van der Waals surface area contributed by atoms with Gasteiger partial charge in [-0.2, -0.15) is 0 Å². The van der Waals surface area contributed by atoms with E-state index in [0.29, 0.717) is 5.56 Å². The second kappa shape index (κ2) is 10.6. The molecular formula is C27H30N2O3. The average Bonchev–Trinajstić information content (AvgIpc) is 3.24. The zero-order chi connectivity index (χ0) is 23.1. The molecule has 3 aromatic rings. The number of fused-ring (bicyclic) bond motifs is 1. The highest BCUT2D eigenvalue weighted by Crippen LogP contribution is 2.33. The van der Waals surface area contributed by atoms with Crippen LogP contribution in [0.5, 0.6) is 0 Å². The molecule has 3 aromatic carbocycles. The minimum atomic E-state index is -0.961. The third-order valence-electron chi connectivity index (χ3n) is 5.55. The van der Waals surface area contributed by atoms with E-state index < -0.39 is 5.97 Å². The van der Waals surface area contributed by atoms with E-state index in [4.69, 9.17) is 5.11 Å². The van der Waals surface area contributed by atoms with Gasteiger partial charge in [0, 0.05) is 13.1 Å². The normalized spacial score (nSPS) is 12.9. The molecule has 4 rings (SSSR count). The highest BCUT2D eigenvalue weighted by molar-refractivity contribution is 6.01. The van der Waals surface area contributed by atoms with Gasteiger partial charge >= 0.3 is 5.97 Å². The predicted molar refractivity (Wildman–Crippen MR) is 128 cm³/mol. The Bertz CT molecular complexity index is 1060. The highest BCUT2D eigenvalue weighted by atomic mass is 16.4. The molecule has 0 spiro atoms. The minimum absolute atomic E-state index is 0.123. The summed E-state index contributed by atoms with van der Waals surface area (Å²) in [6, 6.07) is 22.5. The summed E-state index contributed by atoms with van der Waals surface area (Å²) in [6.07, 6.45) is 0.926. The van der Waals surface area contributed by atoms with Gasteiger partial charge in [0.05, 0.1) is 22.9 Å². The maximum Gasteiger partial charge on any atom is 0.335 e. The summed E-state index contributed by atoms with van der Waals surface area (Å²) >= 11 is 0. The van der Waals surface area contributed by atoms with E-state index in [9.17, 15) is 9.59 Å². The fourth-order valence-corrected chi connectivity index (χ4v) is 3.95. The summed E-state index contributed by atoms with van der Waals surface area (Å²) in [5.41, 5.74) is 5.18. The van der Waals surface area contributed by atoms with Crippen LogP contribution in [0.15, 0.2) is 72.8 Å². The molecule has 1 heterocycles. The molecule has 5 heteroatoms. The molecule has 0 fully saturated rings. The molecule has 1 atom stereocenters. The van der Waals surface area contributed by atoms with Gasteiger partial charge in [0.2, 0.25) is 0 Å². The molecule has 0 aromatic heterocycles. The lowest BCUT2D eigenvalue weighted by Gasteiger charge is -2.23. The molecule has 1 amide bonds. The first-order chi connectivity index (χ1) is 15.5. The van der Waals surface area contributed by atoms with Gasteiger partial charge < -0.3 is 15.3 Å². The molecule has 0 bridgehead atoms. The van der Waals surface area contributed by atoms with Crippen molar-refractivity contribution in [2.75, 3.05) is 11.4 Å². The Hall–Kier alpha value is -3.60. The number of carboxylic acids is 1. The molecule has 32 heavy (non-hydrogen) atoms. The van der Waals surface area contributed by atoms with Crippen molar-refractivity contribution < 1.29 is 14.7 Å². The fourth-order valence-electron chi connectivity index (χ4n) is 3.95. The number of carbonyl (C=O) groups excluding carboxylic acids is 1. The van der Waals surface area contributed by atoms with E-state index in [1.54, 1.807) is 24.3 Å². The number of carboxylic acid groups (broad SMARTS) is 1. The number of anilines is 1. The minimum Gasteiger partial charge on any atom is -0.478 e. The summed E-state index contributed by atoms with van der Waals surface area (Å²) in [6.45, 7) is 7.56. The van der Waals surface area contributed by atoms with Crippen LogP contribution < -0.4 is 10.2 Å². The second-order valence-corrected chi connectivity index (χ2v) is 7.59. The Balaban J connectivity index is 0.00000141. The van der Waals surface area contributed by atoms with Crippen LogP contribution in [0.4, 0.5) is 5.69 Å². The largest absolute Gasteiger partial charge is 0.478 e. The zero-order valence-electron chi connectivity index (χ0n) is 18.8. The lowest BCUT2D eigenvalue weighted by molar-refractivity contribution is 0.0696. The number of amides is 1. The summed E-state index contributed by atoms with van der Waals surface area (Å²) in [7, 11) is 0. The number of nitrogens with zero attached hydrogens (tertiary/aromatic N) is 1. The molecule has 2 N–H and O–H groups in total. The Morgan fingerprint density at radius 1 is 0.969 bits per heavy atom. The number of benzene rings is 3. The van der Waals surface area contributed by atoms with Crippen molar-refractivity contribution >= 4 is 17.6 Å². The number of nitrogens with one attached hydrogen (secondary N) is 1. The Kier molecular flexibility index (Phi) is 7.66. The van der Waals surface area contributed by atoms with Crippen LogP contribution in [-0.4, -0.2) is 23.5 Å². The van der Waals surface area contributed by atoms with Crippen molar-refractivity contribution in [2.45, 2.75) is 39.8 Å². The summed E-state index contributed by atoms with van der Waals surface area (Å²) in [4.78, 5) is 26.4. The van der Waals surface area contributed by atoms with Crippen molar-refractivity contribution in [1.29, 1.82) is 0 Å². The first-order valence-corrected chi connectivity index (χ1v) is 11.1. The van der Waals surface area contributed by atoms with E-state index in [2.05, 4.69) is 28.4 Å². The van der Waals surface area contributed by atoms with E-state index >= 15 is 0 Å².